The van der Waals surface area contributed by atoms with Gasteiger partial charge in [-0.2, -0.15) is 26.3 Å². The van der Waals surface area contributed by atoms with Crippen molar-refractivity contribution in [2.75, 3.05) is 0 Å². The fraction of sp³-hybridized carbons (Fsp3) is 0.727. The van der Waals surface area contributed by atoms with Gasteiger partial charge in [-0.1, -0.05) is 20.4 Å². The maximum absolute atomic E-state index is 13.7. The number of alkyl halides is 6. The van der Waals surface area contributed by atoms with E-state index in [0.717, 1.165) is 13.8 Å². The fourth-order valence-electron chi connectivity index (χ4n) is 1.60. The Kier molecular flexibility index (Phi) is 5.62. The van der Waals surface area contributed by atoms with Crippen molar-refractivity contribution in [3.05, 3.63) is 12.4 Å². The van der Waals surface area contributed by atoms with Crippen LogP contribution < -0.4 is 0 Å². The molecule has 0 amide bonds. The van der Waals surface area contributed by atoms with Crippen molar-refractivity contribution >= 4 is 5.97 Å². The van der Waals surface area contributed by atoms with Crippen LogP contribution in [0.15, 0.2) is 12.4 Å². The van der Waals surface area contributed by atoms with Gasteiger partial charge < -0.3 is 4.74 Å². The molecule has 0 bridgehead atoms. The molecule has 118 valence electrons. The highest BCUT2D eigenvalue weighted by Crippen LogP contribution is 2.46. The summed E-state index contributed by atoms with van der Waals surface area (Å²) in [5, 5.41) is 0. The van der Waals surface area contributed by atoms with Crippen LogP contribution in [0.4, 0.5) is 30.7 Å². The molecule has 0 radical (unpaired) electrons. The van der Waals surface area contributed by atoms with Gasteiger partial charge in [-0.05, 0) is 12.8 Å². The lowest BCUT2D eigenvalue weighted by Gasteiger charge is -2.40. The average molecular weight is 310 g/mol. The van der Waals surface area contributed by atoms with Gasteiger partial charge in [0.05, 0.1) is 0 Å². The molecule has 2 nitrogen and oxygen atoms in total. The summed E-state index contributed by atoms with van der Waals surface area (Å²) in [5.74, 6) is -8.79. The van der Waals surface area contributed by atoms with Crippen molar-refractivity contribution in [2.45, 2.75) is 50.6 Å². The summed E-state index contributed by atoms with van der Waals surface area (Å²) in [6.07, 6.45) is -12.1. The number of rotatable bonds is 6. The molecule has 0 aliphatic carbocycles. The molecule has 20 heavy (non-hydrogen) atoms. The molecule has 0 N–H and O–H groups in total. The van der Waals surface area contributed by atoms with E-state index in [2.05, 4.69) is 11.3 Å². The number of esters is 1. The zero-order valence-corrected chi connectivity index (χ0v) is 10.7. The van der Waals surface area contributed by atoms with Gasteiger partial charge in [-0.15, -0.1) is 0 Å². The highest BCUT2D eigenvalue weighted by atomic mass is 19.4. The van der Waals surface area contributed by atoms with Crippen LogP contribution in [0.1, 0.15) is 26.7 Å². The van der Waals surface area contributed by atoms with Crippen LogP contribution in [0.5, 0.6) is 0 Å². The summed E-state index contributed by atoms with van der Waals surface area (Å²) in [6.45, 7) is 4.42. The summed E-state index contributed by atoms with van der Waals surface area (Å²) in [7, 11) is 0. The normalized spacial score (nSPS) is 14.8. The molecule has 0 aliphatic heterocycles. The average Bonchev–Trinajstić information content (AvgIpc) is 2.33. The van der Waals surface area contributed by atoms with Gasteiger partial charge in [-0.25, -0.2) is 9.18 Å². The molecular formula is C11H13F7O2. The Labute approximate surface area is 110 Å². The van der Waals surface area contributed by atoms with Gasteiger partial charge in [0.15, 0.2) is 5.60 Å². The minimum Gasteiger partial charge on any atom is -0.447 e. The first-order valence-corrected chi connectivity index (χ1v) is 5.52. The molecule has 0 heterocycles. The predicted molar refractivity (Wildman–Crippen MR) is 55.6 cm³/mol. The van der Waals surface area contributed by atoms with E-state index in [9.17, 15) is 35.5 Å². The van der Waals surface area contributed by atoms with Gasteiger partial charge in [0.25, 0.3) is 6.17 Å². The first kappa shape index (κ1) is 18.7. The minimum absolute atomic E-state index is 0.841. The second kappa shape index (κ2) is 6.01. The van der Waals surface area contributed by atoms with E-state index < -0.39 is 48.5 Å². The third-order valence-electron chi connectivity index (χ3n) is 2.86. The molecule has 1 unspecified atom stereocenters. The van der Waals surface area contributed by atoms with E-state index in [1.807, 2.05) is 0 Å². The van der Waals surface area contributed by atoms with E-state index in [4.69, 9.17) is 0 Å². The highest BCUT2D eigenvalue weighted by Gasteiger charge is 2.68. The molecule has 0 saturated carbocycles. The Morgan fingerprint density at radius 2 is 1.55 bits per heavy atom. The smallest absolute Gasteiger partial charge is 0.425 e. The van der Waals surface area contributed by atoms with E-state index in [-0.39, 0.29) is 0 Å². The van der Waals surface area contributed by atoms with E-state index in [0.29, 0.717) is 0 Å². The van der Waals surface area contributed by atoms with Crippen molar-refractivity contribution in [3.8, 4) is 0 Å². The van der Waals surface area contributed by atoms with Crippen molar-refractivity contribution in [2.24, 2.45) is 0 Å². The fourth-order valence-corrected chi connectivity index (χ4v) is 1.60. The SMILES string of the molecule is C=C(F)C(=O)OC(CC)(CC)C(F)(F)C(F)C(F)(F)F. The zero-order valence-electron chi connectivity index (χ0n) is 10.7. The van der Waals surface area contributed by atoms with Crippen LogP contribution in [0.2, 0.25) is 0 Å². The Hall–Kier alpha value is -1.28. The summed E-state index contributed by atoms with van der Waals surface area (Å²) < 4.78 is 93.5. The quantitative estimate of drug-likeness (QED) is 0.419. The van der Waals surface area contributed by atoms with Crippen LogP contribution in [0.3, 0.4) is 0 Å². The summed E-state index contributed by atoms with van der Waals surface area (Å²) in [5.41, 5.74) is -3.12. The molecule has 0 aliphatic rings. The van der Waals surface area contributed by atoms with E-state index in [1.165, 1.54) is 0 Å². The number of carbonyl (C=O) groups excluding carboxylic acids is 1. The lowest BCUT2D eigenvalue weighted by atomic mass is 9.86. The Morgan fingerprint density at radius 3 is 1.80 bits per heavy atom. The molecule has 0 aromatic carbocycles. The second-order valence-electron chi connectivity index (χ2n) is 4.02. The first-order chi connectivity index (χ1) is 8.85. The van der Waals surface area contributed by atoms with Crippen molar-refractivity contribution < 1.29 is 40.3 Å². The van der Waals surface area contributed by atoms with Crippen LogP contribution >= 0.6 is 0 Å². The summed E-state index contributed by atoms with van der Waals surface area (Å²) in [4.78, 5) is 11.0. The predicted octanol–water partition coefficient (Wildman–Crippen LogP) is 4.11. The molecule has 1 atom stereocenters. The van der Waals surface area contributed by atoms with Gasteiger partial charge in [0.1, 0.15) is 0 Å². The standard InChI is InChI=1S/C11H13F7O2/c1-4-9(5-2,20-7(19)6(3)12)10(14,15)8(13)11(16,17)18/h8H,3-5H2,1-2H3. The molecule has 0 fully saturated rings. The molecule has 0 aromatic heterocycles. The Bertz CT molecular complexity index is 371. The van der Waals surface area contributed by atoms with Crippen molar-refractivity contribution in [1.29, 1.82) is 0 Å². The molecular weight excluding hydrogens is 297 g/mol. The molecule has 0 saturated heterocycles. The van der Waals surface area contributed by atoms with Gasteiger partial charge in [0.2, 0.25) is 5.83 Å². The third kappa shape index (κ3) is 3.43. The first-order valence-electron chi connectivity index (χ1n) is 5.52. The molecule has 0 aromatic rings. The number of hydrogen-bond acceptors (Lipinski definition) is 2. The number of halogens is 7. The maximum atomic E-state index is 13.7. The van der Waals surface area contributed by atoms with Gasteiger partial charge >= 0.3 is 18.1 Å². The summed E-state index contributed by atoms with van der Waals surface area (Å²) in [6, 6.07) is 0. The lowest BCUT2D eigenvalue weighted by Crippen LogP contribution is -2.59. The maximum Gasteiger partial charge on any atom is 0.425 e. The molecule has 0 rings (SSSR count). The van der Waals surface area contributed by atoms with Crippen LogP contribution in [0.25, 0.3) is 0 Å². The van der Waals surface area contributed by atoms with Gasteiger partial charge in [0, 0.05) is 0 Å². The van der Waals surface area contributed by atoms with Crippen molar-refractivity contribution in [3.63, 3.8) is 0 Å². The van der Waals surface area contributed by atoms with Crippen LogP contribution in [-0.2, 0) is 9.53 Å². The van der Waals surface area contributed by atoms with Gasteiger partial charge in [-0.3, -0.25) is 0 Å². The molecule has 9 heteroatoms. The largest absolute Gasteiger partial charge is 0.447 e. The van der Waals surface area contributed by atoms with E-state index in [1.54, 1.807) is 0 Å². The number of hydrogen-bond donors (Lipinski definition) is 0. The topological polar surface area (TPSA) is 26.3 Å². The van der Waals surface area contributed by atoms with Crippen LogP contribution in [-0.4, -0.2) is 29.8 Å². The number of carbonyl (C=O) groups is 1. The van der Waals surface area contributed by atoms with Crippen LogP contribution in [0, 0.1) is 0 Å². The van der Waals surface area contributed by atoms with E-state index >= 15 is 0 Å². The molecule has 0 spiro atoms. The third-order valence-corrected chi connectivity index (χ3v) is 2.86. The number of ether oxygens (including phenoxy) is 1. The Balaban J connectivity index is 5.65. The second-order valence-corrected chi connectivity index (χ2v) is 4.02. The monoisotopic (exact) mass is 310 g/mol. The van der Waals surface area contributed by atoms with Crippen molar-refractivity contribution in [1.82, 2.24) is 0 Å². The Morgan fingerprint density at radius 1 is 1.15 bits per heavy atom. The lowest BCUT2D eigenvalue weighted by molar-refractivity contribution is -0.297. The zero-order chi connectivity index (χ0) is 16.4. The highest BCUT2D eigenvalue weighted by molar-refractivity contribution is 5.85. The minimum atomic E-state index is -5.85. The summed E-state index contributed by atoms with van der Waals surface area (Å²) >= 11 is 0.